The second-order valence-electron chi connectivity index (χ2n) is 5.84. The highest BCUT2D eigenvalue weighted by atomic mass is 79.9. The van der Waals surface area contributed by atoms with E-state index in [1.807, 2.05) is 48.7 Å². The van der Waals surface area contributed by atoms with E-state index < -0.39 is 0 Å². The number of nitrogens with one attached hydrogen (secondary N) is 1. The lowest BCUT2D eigenvalue weighted by atomic mass is 10.0. The van der Waals surface area contributed by atoms with Crippen molar-refractivity contribution in [3.63, 3.8) is 0 Å². The minimum atomic E-state index is -0.0424. The van der Waals surface area contributed by atoms with Gasteiger partial charge in [0.25, 0.3) is 0 Å². The molecule has 0 spiro atoms. The molecule has 1 aliphatic heterocycles. The van der Waals surface area contributed by atoms with Gasteiger partial charge in [-0.3, -0.25) is 4.98 Å². The van der Waals surface area contributed by atoms with Crippen LogP contribution in [0.4, 0.5) is 5.69 Å². The Hall–Kier alpha value is -1.96. The maximum atomic E-state index is 5.72. The number of hydrogen-bond donors (Lipinski definition) is 1. The molecule has 3 heterocycles. The van der Waals surface area contributed by atoms with Gasteiger partial charge in [0, 0.05) is 20.9 Å². The van der Waals surface area contributed by atoms with Crippen molar-refractivity contribution in [2.45, 2.75) is 12.1 Å². The fourth-order valence-corrected chi connectivity index (χ4v) is 5.13. The van der Waals surface area contributed by atoms with Crippen LogP contribution in [-0.4, -0.2) is 17.2 Å². The first kappa shape index (κ1) is 17.5. The van der Waals surface area contributed by atoms with Crippen LogP contribution in [0.15, 0.2) is 64.6 Å². The Labute approximate surface area is 170 Å². The molecule has 1 aliphatic rings. The molecular formula is C19H16BrN3OS2. The van der Waals surface area contributed by atoms with E-state index in [0.29, 0.717) is 5.11 Å². The lowest BCUT2D eigenvalue weighted by molar-refractivity contribution is 0.414. The van der Waals surface area contributed by atoms with Crippen molar-refractivity contribution in [2.24, 2.45) is 0 Å². The van der Waals surface area contributed by atoms with E-state index in [-0.39, 0.29) is 12.1 Å². The van der Waals surface area contributed by atoms with Crippen LogP contribution in [0.2, 0.25) is 0 Å². The maximum absolute atomic E-state index is 5.72. The molecule has 1 N–H and O–H groups in total. The summed E-state index contributed by atoms with van der Waals surface area (Å²) in [6.45, 7) is 0. The smallest absolute Gasteiger partial charge is 0.174 e. The molecule has 4 nitrogen and oxygen atoms in total. The van der Waals surface area contributed by atoms with Gasteiger partial charge in [0.1, 0.15) is 5.75 Å². The lowest BCUT2D eigenvalue weighted by Crippen LogP contribution is -2.29. The minimum Gasteiger partial charge on any atom is -0.495 e. The minimum absolute atomic E-state index is 0.00926. The van der Waals surface area contributed by atoms with Crippen LogP contribution in [-0.2, 0) is 0 Å². The number of ether oxygens (including phenoxy) is 1. The van der Waals surface area contributed by atoms with Crippen molar-refractivity contribution in [1.29, 1.82) is 0 Å². The molecule has 0 aliphatic carbocycles. The number of benzene rings is 1. The number of nitrogens with zero attached hydrogens (tertiary/aromatic N) is 2. The average Bonchev–Trinajstić information content (AvgIpc) is 3.25. The van der Waals surface area contributed by atoms with Crippen molar-refractivity contribution in [2.75, 3.05) is 12.0 Å². The Morgan fingerprint density at radius 3 is 2.73 bits per heavy atom. The summed E-state index contributed by atoms with van der Waals surface area (Å²) in [4.78, 5) is 7.89. The van der Waals surface area contributed by atoms with Crippen LogP contribution < -0.4 is 15.0 Å². The molecule has 7 heteroatoms. The first-order chi connectivity index (χ1) is 12.7. The lowest BCUT2D eigenvalue weighted by Gasteiger charge is -2.28. The van der Waals surface area contributed by atoms with Gasteiger partial charge in [0.2, 0.25) is 0 Å². The zero-order chi connectivity index (χ0) is 18.1. The molecule has 2 atom stereocenters. The number of methoxy groups -OCH3 is 1. The number of aromatic nitrogens is 1. The van der Waals surface area contributed by atoms with Crippen LogP contribution >= 0.6 is 39.5 Å². The SMILES string of the molecule is COc1ccccc1N1C(=S)NC(c2ccccn2)C1c1cc(Br)cs1. The van der Waals surface area contributed by atoms with Crippen LogP contribution in [0, 0.1) is 0 Å². The quantitative estimate of drug-likeness (QED) is 0.565. The van der Waals surface area contributed by atoms with E-state index in [1.165, 1.54) is 4.88 Å². The Morgan fingerprint density at radius 1 is 1.23 bits per heavy atom. The van der Waals surface area contributed by atoms with Gasteiger partial charge in [-0.2, -0.15) is 0 Å². The second kappa shape index (κ2) is 7.34. The molecule has 1 saturated heterocycles. The number of hydrogen-bond acceptors (Lipinski definition) is 4. The highest BCUT2D eigenvalue weighted by Crippen LogP contribution is 2.46. The van der Waals surface area contributed by atoms with E-state index in [0.717, 1.165) is 21.6 Å². The van der Waals surface area contributed by atoms with Gasteiger partial charge in [-0.05, 0) is 58.5 Å². The molecule has 0 saturated carbocycles. The number of para-hydroxylation sites is 2. The summed E-state index contributed by atoms with van der Waals surface area (Å²) in [6.07, 6.45) is 1.81. The number of thiophene rings is 1. The number of rotatable bonds is 4. The fraction of sp³-hybridized carbons (Fsp3) is 0.158. The molecule has 0 bridgehead atoms. The number of pyridine rings is 1. The van der Waals surface area contributed by atoms with Crippen LogP contribution in [0.25, 0.3) is 0 Å². The zero-order valence-electron chi connectivity index (χ0n) is 13.9. The molecule has 1 fully saturated rings. The predicted molar refractivity (Wildman–Crippen MR) is 113 cm³/mol. The molecule has 1 aromatic carbocycles. The topological polar surface area (TPSA) is 37.4 Å². The van der Waals surface area contributed by atoms with Crippen molar-refractivity contribution in [1.82, 2.24) is 10.3 Å². The molecule has 2 unspecified atom stereocenters. The molecule has 132 valence electrons. The molecule has 4 rings (SSSR count). The second-order valence-corrected chi connectivity index (χ2v) is 8.08. The standard InChI is InChI=1S/C19H16BrN3OS2/c1-24-15-8-3-2-7-14(15)23-18(16-10-12(20)11-26-16)17(22-19(23)25)13-6-4-5-9-21-13/h2-11,17-18H,1H3,(H,22,25). The van der Waals surface area contributed by atoms with Gasteiger partial charge in [-0.15, -0.1) is 11.3 Å². The summed E-state index contributed by atoms with van der Waals surface area (Å²) in [5, 5.41) is 6.21. The van der Waals surface area contributed by atoms with Gasteiger partial charge in [0.15, 0.2) is 5.11 Å². The summed E-state index contributed by atoms with van der Waals surface area (Å²) in [5.74, 6) is 0.791. The molecule has 0 radical (unpaired) electrons. The van der Waals surface area contributed by atoms with E-state index >= 15 is 0 Å². The Bertz CT molecular complexity index is 931. The normalized spacial score (nSPS) is 19.5. The zero-order valence-corrected chi connectivity index (χ0v) is 17.1. The first-order valence-corrected chi connectivity index (χ1v) is 10.1. The van der Waals surface area contributed by atoms with E-state index in [1.54, 1.807) is 18.4 Å². The van der Waals surface area contributed by atoms with Crippen molar-refractivity contribution in [3.05, 3.63) is 75.2 Å². The van der Waals surface area contributed by atoms with E-state index in [9.17, 15) is 0 Å². The fourth-order valence-electron chi connectivity index (χ4n) is 3.22. The Balaban J connectivity index is 1.85. The Morgan fingerprint density at radius 2 is 2.04 bits per heavy atom. The average molecular weight is 446 g/mol. The van der Waals surface area contributed by atoms with Gasteiger partial charge >= 0.3 is 0 Å². The highest BCUT2D eigenvalue weighted by Gasteiger charge is 2.42. The molecule has 26 heavy (non-hydrogen) atoms. The highest BCUT2D eigenvalue weighted by molar-refractivity contribution is 9.10. The molecular weight excluding hydrogens is 430 g/mol. The summed E-state index contributed by atoms with van der Waals surface area (Å²) in [7, 11) is 1.68. The van der Waals surface area contributed by atoms with Crippen LogP contribution in [0.3, 0.4) is 0 Å². The monoisotopic (exact) mass is 445 g/mol. The van der Waals surface area contributed by atoms with E-state index in [2.05, 4.69) is 42.6 Å². The Kier molecular flexibility index (Phi) is 4.93. The molecule has 0 amide bonds. The summed E-state index contributed by atoms with van der Waals surface area (Å²) >= 11 is 11.0. The van der Waals surface area contributed by atoms with Crippen molar-refractivity contribution < 1.29 is 4.74 Å². The third kappa shape index (κ3) is 3.11. The number of anilines is 1. The molecule has 2 aromatic heterocycles. The largest absolute Gasteiger partial charge is 0.495 e. The van der Waals surface area contributed by atoms with Crippen molar-refractivity contribution >= 4 is 50.3 Å². The van der Waals surface area contributed by atoms with Gasteiger partial charge in [-0.25, -0.2) is 0 Å². The van der Waals surface area contributed by atoms with Gasteiger partial charge in [-0.1, -0.05) is 18.2 Å². The molecule has 3 aromatic rings. The van der Waals surface area contributed by atoms with Crippen LogP contribution in [0.5, 0.6) is 5.75 Å². The number of halogens is 1. The van der Waals surface area contributed by atoms with E-state index in [4.69, 9.17) is 17.0 Å². The predicted octanol–water partition coefficient (Wildman–Crippen LogP) is 5.09. The summed E-state index contributed by atoms with van der Waals surface area (Å²) in [5.41, 5.74) is 1.90. The third-order valence-corrected chi connectivity index (χ3v) is 6.40. The summed E-state index contributed by atoms with van der Waals surface area (Å²) in [6, 6.07) is 16.0. The maximum Gasteiger partial charge on any atom is 0.174 e. The number of thiocarbonyl (C=S) groups is 1. The van der Waals surface area contributed by atoms with Crippen LogP contribution in [0.1, 0.15) is 22.7 Å². The summed E-state index contributed by atoms with van der Waals surface area (Å²) < 4.78 is 6.65. The van der Waals surface area contributed by atoms with Gasteiger partial charge < -0.3 is 15.0 Å². The first-order valence-electron chi connectivity index (χ1n) is 8.06. The van der Waals surface area contributed by atoms with Gasteiger partial charge in [0.05, 0.1) is 30.6 Å². The van der Waals surface area contributed by atoms with Crippen molar-refractivity contribution in [3.8, 4) is 5.75 Å². The third-order valence-electron chi connectivity index (χ3n) is 4.32.